The number of halogens is 15. The third-order valence-electron chi connectivity index (χ3n) is 5.97. The monoisotopic (exact) mass is 634 g/mol. The number of nitrogens with one attached hydrogen (secondary N) is 1. The second-order valence-corrected chi connectivity index (χ2v) is 8.55. The molecule has 5 nitrogen and oxygen atoms in total. The van der Waals surface area contributed by atoms with Gasteiger partial charge in [0, 0.05) is 16.8 Å². The second kappa shape index (κ2) is 9.25. The lowest BCUT2D eigenvalue weighted by Gasteiger charge is -2.41. The highest BCUT2D eigenvalue weighted by atomic mass is 19.4. The van der Waals surface area contributed by atoms with Crippen molar-refractivity contribution in [3.8, 4) is 0 Å². The summed E-state index contributed by atoms with van der Waals surface area (Å²) in [5.74, 6) is -55.3. The van der Waals surface area contributed by atoms with Crippen LogP contribution in [0.5, 0.6) is 0 Å². The van der Waals surface area contributed by atoms with Crippen LogP contribution < -0.4 is 11.1 Å². The molecule has 1 amide bonds. The minimum absolute atomic E-state index is 0.333. The molecule has 20 heteroatoms. The molecular formula is C22H9F15N2O3. The van der Waals surface area contributed by atoms with Gasteiger partial charge in [0.25, 0.3) is 0 Å². The van der Waals surface area contributed by atoms with Crippen molar-refractivity contribution in [2.75, 3.05) is 11.1 Å². The van der Waals surface area contributed by atoms with E-state index < -0.39 is 87.3 Å². The number of amides is 1. The van der Waals surface area contributed by atoms with Crippen molar-refractivity contribution < 1.29 is 80.2 Å². The van der Waals surface area contributed by atoms with Crippen LogP contribution in [0.25, 0.3) is 0 Å². The Morgan fingerprint density at radius 2 is 0.976 bits per heavy atom. The molecule has 0 saturated heterocycles. The Hall–Kier alpha value is -4.00. The summed E-state index contributed by atoms with van der Waals surface area (Å²) in [6.45, 7) is 0. The zero-order chi connectivity index (χ0) is 32.6. The summed E-state index contributed by atoms with van der Waals surface area (Å²) in [7, 11) is 0. The molecule has 0 aromatic heterocycles. The highest BCUT2D eigenvalue weighted by Crippen LogP contribution is 2.62. The zero-order valence-corrected chi connectivity index (χ0v) is 19.4. The number of carbonyl (C=O) groups is 3. The third kappa shape index (κ3) is 4.08. The van der Waals surface area contributed by atoms with Gasteiger partial charge in [-0.05, 0) is 12.1 Å². The van der Waals surface area contributed by atoms with Gasteiger partial charge in [-0.1, -0.05) is 24.3 Å². The summed E-state index contributed by atoms with van der Waals surface area (Å²) in [6, 6.07) is 5.47. The van der Waals surface area contributed by atoms with Crippen LogP contribution in [0.15, 0.2) is 36.4 Å². The smallest absolute Gasteiger partial charge is 0.398 e. The van der Waals surface area contributed by atoms with Gasteiger partial charge < -0.3 is 11.1 Å². The molecule has 1 aliphatic rings. The van der Waals surface area contributed by atoms with E-state index in [1.807, 2.05) is 0 Å². The number of fused-ring (bicyclic) bond motifs is 2. The summed E-state index contributed by atoms with van der Waals surface area (Å²) in [6.07, 6.45) is -7.78. The molecule has 3 N–H and O–H groups in total. The van der Waals surface area contributed by atoms with E-state index >= 15 is 0 Å². The van der Waals surface area contributed by atoms with Crippen molar-refractivity contribution in [2.45, 2.75) is 41.7 Å². The molecule has 42 heavy (non-hydrogen) atoms. The van der Waals surface area contributed by atoms with Crippen molar-refractivity contribution in [2.24, 2.45) is 0 Å². The maximum Gasteiger partial charge on any atom is 0.460 e. The molecule has 0 unspecified atom stereocenters. The molecule has 2 aromatic carbocycles. The molecule has 0 aliphatic heterocycles. The van der Waals surface area contributed by atoms with Crippen molar-refractivity contribution in [1.82, 2.24) is 0 Å². The van der Waals surface area contributed by atoms with Gasteiger partial charge in [-0.2, -0.15) is 65.9 Å². The Morgan fingerprint density at radius 1 is 0.571 bits per heavy atom. The predicted octanol–water partition coefficient (Wildman–Crippen LogP) is 6.36. The van der Waals surface area contributed by atoms with Crippen LogP contribution in [0, 0.1) is 0 Å². The number of nitrogens with two attached hydrogens (primary N) is 1. The lowest BCUT2D eigenvalue weighted by molar-refractivity contribution is -0.449. The van der Waals surface area contributed by atoms with Crippen LogP contribution in [0.1, 0.15) is 31.8 Å². The van der Waals surface area contributed by atoms with Crippen LogP contribution >= 0.6 is 0 Å². The van der Waals surface area contributed by atoms with Crippen LogP contribution in [-0.2, 0) is 4.79 Å². The maximum atomic E-state index is 14.3. The van der Waals surface area contributed by atoms with Crippen molar-refractivity contribution in [3.05, 3.63) is 58.7 Å². The Labute approximate surface area is 221 Å². The van der Waals surface area contributed by atoms with Crippen LogP contribution in [0.2, 0.25) is 0 Å². The number of rotatable bonds is 7. The number of benzene rings is 2. The topological polar surface area (TPSA) is 89.3 Å². The number of hydrogen-bond donors (Lipinski definition) is 2. The number of ketones is 2. The number of anilines is 2. The Kier molecular flexibility index (Phi) is 7.16. The summed E-state index contributed by atoms with van der Waals surface area (Å²) >= 11 is 0. The lowest BCUT2D eigenvalue weighted by Crippen LogP contribution is -2.73. The SMILES string of the molecule is Nc1ccc(NC(=O)C(F)(F)C(F)(F)C(F)(F)C(F)(F)C(F)(F)C(F)(F)C(F)(F)F)c2c1C(=O)c1ccccc1C2=O. The molecule has 3 rings (SSSR count). The fourth-order valence-electron chi connectivity index (χ4n) is 3.66. The van der Waals surface area contributed by atoms with Crippen LogP contribution in [0.4, 0.5) is 77.2 Å². The molecular weight excluding hydrogens is 625 g/mol. The average Bonchev–Trinajstić information content (AvgIpc) is 2.86. The van der Waals surface area contributed by atoms with E-state index in [-0.39, 0.29) is 5.56 Å². The van der Waals surface area contributed by atoms with Gasteiger partial charge in [0.1, 0.15) is 0 Å². The van der Waals surface area contributed by atoms with Gasteiger partial charge in [0.15, 0.2) is 11.6 Å². The minimum atomic E-state index is -8.58. The highest BCUT2D eigenvalue weighted by molar-refractivity contribution is 6.32. The molecule has 0 fully saturated rings. The summed E-state index contributed by atoms with van der Waals surface area (Å²) in [4.78, 5) is 37.6. The molecule has 2 aromatic rings. The Morgan fingerprint density at radius 3 is 1.43 bits per heavy atom. The second-order valence-electron chi connectivity index (χ2n) is 8.55. The number of carbonyl (C=O) groups excluding carboxylic acids is 3. The Balaban J connectivity index is 2.08. The molecule has 0 radical (unpaired) electrons. The summed E-state index contributed by atoms with van der Waals surface area (Å²) in [5.41, 5.74) is 0.896. The normalized spacial score (nSPS) is 15.3. The van der Waals surface area contributed by atoms with Crippen LogP contribution in [-0.4, -0.2) is 59.2 Å². The molecule has 0 bridgehead atoms. The molecule has 0 saturated carbocycles. The summed E-state index contributed by atoms with van der Waals surface area (Å²) < 4.78 is 202. The average molecular weight is 634 g/mol. The van der Waals surface area contributed by atoms with E-state index in [2.05, 4.69) is 0 Å². The lowest BCUT2D eigenvalue weighted by atomic mass is 9.82. The highest BCUT2D eigenvalue weighted by Gasteiger charge is 2.94. The first-order valence-electron chi connectivity index (χ1n) is 10.5. The predicted molar refractivity (Wildman–Crippen MR) is 109 cm³/mol. The van der Waals surface area contributed by atoms with Crippen molar-refractivity contribution >= 4 is 28.8 Å². The molecule has 0 atom stereocenters. The van der Waals surface area contributed by atoms with Gasteiger partial charge >= 0.3 is 47.6 Å². The zero-order valence-electron chi connectivity index (χ0n) is 19.4. The number of hydrogen-bond acceptors (Lipinski definition) is 4. The van der Waals surface area contributed by atoms with E-state index in [9.17, 15) is 80.2 Å². The molecule has 1 aliphatic carbocycles. The minimum Gasteiger partial charge on any atom is -0.398 e. The third-order valence-corrected chi connectivity index (χ3v) is 5.97. The number of nitrogen functional groups attached to an aromatic ring is 1. The van der Waals surface area contributed by atoms with E-state index in [1.54, 1.807) is 0 Å². The first kappa shape index (κ1) is 32.5. The molecule has 0 spiro atoms. The Bertz CT molecular complexity index is 1480. The van der Waals surface area contributed by atoms with Crippen molar-refractivity contribution in [1.29, 1.82) is 0 Å². The van der Waals surface area contributed by atoms with Gasteiger partial charge in [-0.3, -0.25) is 14.4 Å². The quantitative estimate of drug-likeness (QED) is 0.234. The van der Waals surface area contributed by atoms with Crippen LogP contribution in [0.3, 0.4) is 0 Å². The summed E-state index contributed by atoms with van der Waals surface area (Å²) in [5, 5.41) is 0.751. The first-order valence-corrected chi connectivity index (χ1v) is 10.5. The molecule has 230 valence electrons. The van der Waals surface area contributed by atoms with E-state index in [0.717, 1.165) is 17.4 Å². The van der Waals surface area contributed by atoms with Gasteiger partial charge in [0.2, 0.25) is 0 Å². The maximum absolute atomic E-state index is 14.3. The van der Waals surface area contributed by atoms with Gasteiger partial charge in [-0.15, -0.1) is 0 Å². The first-order chi connectivity index (χ1) is 18.7. The van der Waals surface area contributed by atoms with Gasteiger partial charge in [-0.25, -0.2) is 0 Å². The van der Waals surface area contributed by atoms with E-state index in [1.165, 1.54) is 12.1 Å². The standard InChI is InChI=1S/C22H9F15N2O3/c23-16(24,17(25,26)18(27,28)19(29,30)20(31,32)21(33,34)22(35,36)37)15(42)39-10-6-5-9(38)11-12(10)14(41)8-4-2-1-3-7(8)13(11)40/h1-6H,38H2,(H,39,42). The fourth-order valence-corrected chi connectivity index (χ4v) is 3.66. The largest absolute Gasteiger partial charge is 0.460 e. The van der Waals surface area contributed by atoms with Crippen molar-refractivity contribution in [3.63, 3.8) is 0 Å². The fraction of sp³-hybridized carbons (Fsp3) is 0.318. The molecule has 0 heterocycles. The van der Waals surface area contributed by atoms with E-state index in [0.29, 0.717) is 12.1 Å². The number of alkyl halides is 15. The van der Waals surface area contributed by atoms with Gasteiger partial charge in [0.05, 0.1) is 16.8 Å². The van der Waals surface area contributed by atoms with E-state index in [4.69, 9.17) is 5.73 Å².